The van der Waals surface area contributed by atoms with Crippen molar-refractivity contribution in [1.29, 1.82) is 0 Å². The third kappa shape index (κ3) is 21.2. The Morgan fingerprint density at radius 2 is 1.39 bits per heavy atom. The summed E-state index contributed by atoms with van der Waals surface area (Å²) in [5.74, 6) is 0. The standard InChI is InChI=1S/C13H24N2O4.C5H5N.2HI.Pt/c1-14-3-4-15(13-14)5-6-17-9-10-19-12-11-18-8-7-16-2;1-2-4-6-5-3-1;;;/h3-4H,5-12H2,1-2H3;1-5H;2*1H;/q;;;;+2/p-2. The van der Waals surface area contributed by atoms with Gasteiger partial charge < -0.3 is 28.7 Å². The van der Waals surface area contributed by atoms with Crippen LogP contribution in [-0.4, -0.2) is 81.7 Å². The molecule has 2 radical (unpaired) electrons. The third-order valence-corrected chi connectivity index (χ3v) is 2.98. The van der Waals surface area contributed by atoms with Crippen molar-refractivity contribution in [2.45, 2.75) is 0 Å². The minimum Gasteiger partial charge on any atom is -0.265 e. The number of hydrogen-bond donors (Lipinski definition) is 0. The van der Waals surface area contributed by atoms with Crippen LogP contribution in [0, 0.1) is 6.67 Å². The van der Waals surface area contributed by atoms with Crippen LogP contribution >= 0.6 is 38.7 Å². The van der Waals surface area contributed by atoms with Gasteiger partial charge in [0.05, 0.1) is 46.2 Å². The first-order valence-corrected chi connectivity index (χ1v) is 21.5. The first-order valence-electron chi connectivity index (χ1n) is 8.58. The van der Waals surface area contributed by atoms with Crippen molar-refractivity contribution in [2.75, 3.05) is 67.0 Å². The molecule has 0 amide bonds. The minimum absolute atomic E-state index is 0.523. The molecule has 1 aliphatic heterocycles. The Balaban J connectivity index is 0.000000665. The van der Waals surface area contributed by atoms with E-state index in [4.69, 9.17) is 18.9 Å². The molecule has 1 aromatic heterocycles. The molecule has 10 heteroatoms. The van der Waals surface area contributed by atoms with Gasteiger partial charge in [0.2, 0.25) is 6.67 Å². The first kappa shape index (κ1) is 28.5. The fourth-order valence-electron chi connectivity index (χ4n) is 1.73. The van der Waals surface area contributed by atoms with Crippen molar-refractivity contribution in [1.82, 2.24) is 14.8 Å². The second-order valence-electron chi connectivity index (χ2n) is 5.10. The van der Waals surface area contributed by atoms with Gasteiger partial charge in [-0.15, -0.1) is 0 Å². The van der Waals surface area contributed by atoms with Crippen LogP contribution in [-0.2, 0) is 30.1 Å². The number of halogens is 2. The van der Waals surface area contributed by atoms with Gasteiger partial charge in [-0.2, -0.15) is 0 Å². The molecule has 0 unspecified atom stereocenters. The SMILES string of the molecule is COCCOCCOCCOCCN1[C]N(C)C=C1.[I][Pt][I].c1ccncc1. The van der Waals surface area contributed by atoms with E-state index in [1.54, 1.807) is 19.5 Å². The van der Waals surface area contributed by atoms with Gasteiger partial charge in [0, 0.05) is 45.5 Å². The summed E-state index contributed by atoms with van der Waals surface area (Å²) in [6.45, 7) is 8.20. The number of pyridine rings is 1. The van der Waals surface area contributed by atoms with Crippen LogP contribution in [0.2, 0.25) is 0 Å². The zero-order valence-electron chi connectivity index (χ0n) is 16.2. The number of aromatic nitrogens is 1. The second kappa shape index (κ2) is 23.8. The zero-order chi connectivity index (χ0) is 20.7. The van der Waals surface area contributed by atoms with Crippen LogP contribution < -0.4 is 0 Å². The van der Waals surface area contributed by atoms with Gasteiger partial charge in [-0.05, 0) is 12.1 Å². The van der Waals surface area contributed by atoms with Crippen molar-refractivity contribution in [2.24, 2.45) is 0 Å². The van der Waals surface area contributed by atoms with E-state index in [0.29, 0.717) is 57.4 Å². The predicted octanol–water partition coefficient (Wildman–Crippen LogP) is 3.25. The van der Waals surface area contributed by atoms with Gasteiger partial charge in [-0.1, -0.05) is 6.07 Å². The van der Waals surface area contributed by atoms with Crippen molar-refractivity contribution in [3.8, 4) is 0 Å². The summed E-state index contributed by atoms with van der Waals surface area (Å²) in [6.07, 6.45) is 7.42. The molecule has 0 saturated carbocycles. The topological polar surface area (TPSA) is 56.3 Å². The number of ether oxygens (including phenoxy) is 4. The average molecular weight is 800 g/mol. The number of hydrogen-bond acceptors (Lipinski definition) is 7. The first-order chi connectivity index (χ1) is 13.7. The zero-order valence-corrected chi connectivity index (χ0v) is 22.8. The molecule has 28 heavy (non-hydrogen) atoms. The third-order valence-electron chi connectivity index (χ3n) is 2.98. The van der Waals surface area contributed by atoms with Crippen LogP contribution in [0.4, 0.5) is 0 Å². The Morgan fingerprint density at radius 1 is 0.857 bits per heavy atom. The van der Waals surface area contributed by atoms with Crippen LogP contribution in [0.15, 0.2) is 43.0 Å². The number of methoxy groups -OCH3 is 1. The summed E-state index contributed by atoms with van der Waals surface area (Å²) in [5.41, 5.74) is 0. The molecule has 0 bridgehead atoms. The van der Waals surface area contributed by atoms with E-state index in [9.17, 15) is 0 Å². The molecular formula is C18H29I2N3O4Pt. The fraction of sp³-hybridized carbons (Fsp3) is 0.556. The van der Waals surface area contributed by atoms with Crippen molar-refractivity contribution in [3.05, 3.63) is 49.7 Å². The fourth-order valence-corrected chi connectivity index (χ4v) is 1.73. The molecular weight excluding hydrogens is 771 g/mol. The normalized spacial score (nSPS) is 12.4. The maximum Gasteiger partial charge on any atom is 0.0267 e. The van der Waals surface area contributed by atoms with Crippen LogP contribution in [0.3, 0.4) is 0 Å². The van der Waals surface area contributed by atoms with E-state index in [0.717, 1.165) is 6.54 Å². The van der Waals surface area contributed by atoms with E-state index < -0.39 is 0 Å². The Morgan fingerprint density at radius 3 is 1.79 bits per heavy atom. The summed E-state index contributed by atoms with van der Waals surface area (Å²) in [5, 5.41) is 0. The second-order valence-corrected chi connectivity index (χ2v) is 21.7. The monoisotopic (exact) mass is 800 g/mol. The summed E-state index contributed by atoms with van der Waals surface area (Å²) >= 11 is 5.30. The molecule has 2 rings (SSSR count). The maximum absolute atomic E-state index is 5.46. The molecule has 7 nitrogen and oxygen atoms in total. The van der Waals surface area contributed by atoms with Gasteiger partial charge in [0.15, 0.2) is 0 Å². The smallest absolute Gasteiger partial charge is 0.0267 e. The van der Waals surface area contributed by atoms with E-state index >= 15 is 0 Å². The molecule has 0 aromatic carbocycles. The molecule has 2 heterocycles. The summed E-state index contributed by atoms with van der Waals surface area (Å²) in [6, 6.07) is 5.72. The van der Waals surface area contributed by atoms with Crippen molar-refractivity contribution >= 4 is 38.7 Å². The number of nitrogens with zero attached hydrogens (tertiary/aromatic N) is 3. The van der Waals surface area contributed by atoms with Crippen molar-refractivity contribution in [3.63, 3.8) is 0 Å². The molecule has 0 saturated heterocycles. The molecule has 0 spiro atoms. The predicted molar refractivity (Wildman–Crippen MR) is 123 cm³/mol. The summed E-state index contributed by atoms with van der Waals surface area (Å²) < 4.78 is 20.9. The Kier molecular flexibility index (Phi) is 24.2. The van der Waals surface area contributed by atoms with Gasteiger partial charge in [0.25, 0.3) is 0 Å². The van der Waals surface area contributed by atoms with E-state index in [-0.39, 0.29) is 0 Å². The van der Waals surface area contributed by atoms with Crippen LogP contribution in [0.1, 0.15) is 0 Å². The molecule has 0 aliphatic carbocycles. The minimum atomic E-state index is 0.523. The van der Waals surface area contributed by atoms with E-state index in [1.807, 2.05) is 47.4 Å². The van der Waals surface area contributed by atoms with Gasteiger partial charge in [-0.3, -0.25) is 4.98 Å². The van der Waals surface area contributed by atoms with Gasteiger partial charge in [-0.25, -0.2) is 0 Å². The Labute approximate surface area is 198 Å². The van der Waals surface area contributed by atoms with E-state index in [2.05, 4.69) is 50.4 Å². The quantitative estimate of drug-likeness (QED) is 0.238. The molecule has 0 atom stereocenters. The summed E-state index contributed by atoms with van der Waals surface area (Å²) in [4.78, 5) is 7.63. The Hall–Kier alpha value is 0.478. The Bertz CT molecular complexity index is 423. The van der Waals surface area contributed by atoms with E-state index in [1.165, 1.54) is 0 Å². The number of rotatable bonds is 12. The van der Waals surface area contributed by atoms with Crippen molar-refractivity contribution < 1.29 is 30.1 Å². The molecule has 1 aromatic rings. The molecule has 0 N–H and O–H groups in total. The summed E-state index contributed by atoms with van der Waals surface area (Å²) in [7, 11) is 3.60. The molecule has 1 aliphatic rings. The van der Waals surface area contributed by atoms with Crippen LogP contribution in [0.5, 0.6) is 0 Å². The van der Waals surface area contributed by atoms with Gasteiger partial charge >= 0.3 is 49.9 Å². The molecule has 164 valence electrons. The maximum atomic E-state index is 5.46. The molecule has 0 fully saturated rings. The largest absolute Gasteiger partial charge is 0.265 e. The average Bonchev–Trinajstić information content (AvgIpc) is 3.14. The van der Waals surface area contributed by atoms with Gasteiger partial charge in [0.1, 0.15) is 0 Å². The van der Waals surface area contributed by atoms with Crippen LogP contribution in [0.25, 0.3) is 0 Å².